The van der Waals surface area contributed by atoms with Crippen molar-refractivity contribution >= 4 is 5.97 Å². The van der Waals surface area contributed by atoms with Gasteiger partial charge < -0.3 is 9.47 Å². The van der Waals surface area contributed by atoms with Crippen molar-refractivity contribution in [3.05, 3.63) is 46.8 Å². The number of ether oxygens (including phenoxy) is 2. The SMILES string of the molecule is COC1=CC(=O)OC(/C=C(C)\C=C\C2=C(C)CCCC2(C)C)C1. The molecule has 0 amide bonds. The van der Waals surface area contributed by atoms with Crippen LogP contribution < -0.4 is 0 Å². The molecular formula is C20H28O3. The largest absolute Gasteiger partial charge is 0.501 e. The Morgan fingerprint density at radius 3 is 2.83 bits per heavy atom. The van der Waals surface area contributed by atoms with Crippen LogP contribution in [-0.4, -0.2) is 19.2 Å². The number of methoxy groups -OCH3 is 1. The molecule has 0 bridgehead atoms. The minimum atomic E-state index is -0.335. The van der Waals surface area contributed by atoms with Gasteiger partial charge in [-0.1, -0.05) is 37.1 Å². The monoisotopic (exact) mass is 316 g/mol. The summed E-state index contributed by atoms with van der Waals surface area (Å²) < 4.78 is 10.5. The molecule has 0 spiro atoms. The van der Waals surface area contributed by atoms with E-state index in [-0.39, 0.29) is 17.5 Å². The highest BCUT2D eigenvalue weighted by Crippen LogP contribution is 2.40. The Bertz CT molecular complexity index is 588. The maximum atomic E-state index is 11.5. The first-order chi connectivity index (χ1) is 10.8. The highest BCUT2D eigenvalue weighted by molar-refractivity contribution is 5.83. The van der Waals surface area contributed by atoms with Crippen molar-refractivity contribution < 1.29 is 14.3 Å². The third-order valence-corrected chi connectivity index (χ3v) is 4.72. The Kier molecular flexibility index (Phi) is 5.51. The number of rotatable bonds is 4. The van der Waals surface area contributed by atoms with Crippen LogP contribution in [0, 0.1) is 5.41 Å². The third-order valence-electron chi connectivity index (χ3n) is 4.72. The van der Waals surface area contributed by atoms with Crippen molar-refractivity contribution in [2.75, 3.05) is 7.11 Å². The van der Waals surface area contributed by atoms with Crippen LogP contribution in [0.25, 0.3) is 0 Å². The number of allylic oxidation sites excluding steroid dienone is 5. The van der Waals surface area contributed by atoms with E-state index in [4.69, 9.17) is 9.47 Å². The molecule has 0 N–H and O–H groups in total. The van der Waals surface area contributed by atoms with Gasteiger partial charge in [0.05, 0.1) is 13.2 Å². The van der Waals surface area contributed by atoms with E-state index in [0.717, 1.165) is 5.57 Å². The summed E-state index contributed by atoms with van der Waals surface area (Å²) in [7, 11) is 1.58. The highest BCUT2D eigenvalue weighted by Gasteiger charge is 2.26. The molecule has 0 aromatic rings. The minimum Gasteiger partial charge on any atom is -0.501 e. The van der Waals surface area contributed by atoms with E-state index in [1.165, 1.54) is 36.5 Å². The molecular weight excluding hydrogens is 288 g/mol. The van der Waals surface area contributed by atoms with Crippen molar-refractivity contribution in [1.82, 2.24) is 0 Å². The maximum absolute atomic E-state index is 11.5. The quantitative estimate of drug-likeness (QED) is 0.549. The van der Waals surface area contributed by atoms with Gasteiger partial charge in [-0.05, 0) is 50.2 Å². The average Bonchev–Trinajstić information content (AvgIpc) is 2.45. The summed E-state index contributed by atoms with van der Waals surface area (Å²) in [5.41, 5.74) is 4.26. The second-order valence-electron chi connectivity index (χ2n) is 7.17. The third kappa shape index (κ3) is 4.60. The Hall–Kier alpha value is -1.77. The molecule has 1 heterocycles. The van der Waals surface area contributed by atoms with E-state index < -0.39 is 0 Å². The van der Waals surface area contributed by atoms with Crippen molar-refractivity contribution in [3.8, 4) is 0 Å². The predicted octanol–water partition coefficient (Wildman–Crippen LogP) is 4.86. The van der Waals surface area contributed by atoms with E-state index in [1.807, 2.05) is 13.0 Å². The number of hydrogen-bond donors (Lipinski definition) is 0. The lowest BCUT2D eigenvalue weighted by Gasteiger charge is -2.33. The lowest BCUT2D eigenvalue weighted by molar-refractivity contribution is -0.142. The maximum Gasteiger partial charge on any atom is 0.334 e. The van der Waals surface area contributed by atoms with Crippen molar-refractivity contribution in [3.63, 3.8) is 0 Å². The summed E-state index contributed by atoms with van der Waals surface area (Å²) in [5, 5.41) is 0. The normalized spacial score (nSPS) is 25.4. The molecule has 1 unspecified atom stereocenters. The molecule has 23 heavy (non-hydrogen) atoms. The molecule has 3 nitrogen and oxygen atoms in total. The van der Waals surface area contributed by atoms with E-state index in [0.29, 0.717) is 12.2 Å². The second kappa shape index (κ2) is 7.20. The molecule has 0 aromatic carbocycles. The van der Waals surface area contributed by atoms with E-state index >= 15 is 0 Å². The number of hydrogen-bond acceptors (Lipinski definition) is 3. The number of esters is 1. The van der Waals surface area contributed by atoms with Gasteiger partial charge in [0, 0.05) is 6.42 Å². The van der Waals surface area contributed by atoms with E-state index in [2.05, 4.69) is 32.9 Å². The summed E-state index contributed by atoms with van der Waals surface area (Å²) in [6.07, 6.45) is 11.8. The van der Waals surface area contributed by atoms with Crippen LogP contribution in [0.2, 0.25) is 0 Å². The second-order valence-corrected chi connectivity index (χ2v) is 7.17. The van der Waals surface area contributed by atoms with Crippen LogP contribution in [0.4, 0.5) is 0 Å². The lowest BCUT2D eigenvalue weighted by atomic mass is 9.72. The smallest absolute Gasteiger partial charge is 0.334 e. The van der Waals surface area contributed by atoms with Crippen LogP contribution in [0.3, 0.4) is 0 Å². The molecule has 0 fully saturated rings. The predicted molar refractivity (Wildman–Crippen MR) is 92.8 cm³/mol. The standard InChI is InChI=1S/C20H28O3/c1-14(11-17-12-16(22-5)13-19(21)23-17)8-9-18-15(2)7-6-10-20(18,3)4/h8-9,11,13,17H,6-7,10,12H2,1-5H3/b9-8+,14-11-. The fourth-order valence-corrected chi connectivity index (χ4v) is 3.42. The van der Waals surface area contributed by atoms with Crippen LogP contribution in [-0.2, 0) is 14.3 Å². The summed E-state index contributed by atoms with van der Waals surface area (Å²) in [4.78, 5) is 11.5. The lowest BCUT2D eigenvalue weighted by Crippen LogP contribution is -2.21. The summed E-state index contributed by atoms with van der Waals surface area (Å²) in [5.74, 6) is 0.337. The Labute approximate surface area is 139 Å². The van der Waals surface area contributed by atoms with Gasteiger partial charge in [-0.3, -0.25) is 0 Å². The Morgan fingerprint density at radius 2 is 2.17 bits per heavy atom. The topological polar surface area (TPSA) is 35.5 Å². The molecule has 1 atom stereocenters. The minimum absolute atomic E-state index is 0.238. The Balaban J connectivity index is 2.11. The van der Waals surface area contributed by atoms with Crippen LogP contribution in [0.1, 0.15) is 53.4 Å². The van der Waals surface area contributed by atoms with Gasteiger partial charge in [-0.15, -0.1) is 0 Å². The zero-order valence-corrected chi connectivity index (χ0v) is 14.9. The van der Waals surface area contributed by atoms with Crippen LogP contribution in [0.5, 0.6) is 0 Å². The molecule has 0 saturated heterocycles. The molecule has 2 aliphatic rings. The molecule has 0 aromatic heterocycles. The molecule has 126 valence electrons. The molecule has 1 aliphatic carbocycles. The average molecular weight is 316 g/mol. The van der Waals surface area contributed by atoms with Crippen molar-refractivity contribution in [2.45, 2.75) is 59.5 Å². The van der Waals surface area contributed by atoms with Gasteiger partial charge >= 0.3 is 5.97 Å². The molecule has 0 saturated carbocycles. The Morgan fingerprint density at radius 1 is 1.43 bits per heavy atom. The number of carbonyl (C=O) groups excluding carboxylic acids is 1. The van der Waals surface area contributed by atoms with Gasteiger partial charge in [0.2, 0.25) is 0 Å². The molecule has 2 rings (SSSR count). The van der Waals surface area contributed by atoms with Gasteiger partial charge in [0.25, 0.3) is 0 Å². The summed E-state index contributed by atoms with van der Waals surface area (Å²) >= 11 is 0. The summed E-state index contributed by atoms with van der Waals surface area (Å²) in [6.45, 7) is 8.90. The zero-order valence-electron chi connectivity index (χ0n) is 14.9. The molecule has 3 heteroatoms. The fourth-order valence-electron chi connectivity index (χ4n) is 3.42. The molecule has 1 aliphatic heterocycles. The first-order valence-electron chi connectivity index (χ1n) is 8.34. The van der Waals surface area contributed by atoms with Gasteiger partial charge in [0.1, 0.15) is 11.9 Å². The highest BCUT2D eigenvalue weighted by atomic mass is 16.5. The van der Waals surface area contributed by atoms with E-state index in [9.17, 15) is 4.79 Å². The van der Waals surface area contributed by atoms with Crippen molar-refractivity contribution in [1.29, 1.82) is 0 Å². The number of carbonyl (C=O) groups is 1. The fraction of sp³-hybridized carbons (Fsp3) is 0.550. The van der Waals surface area contributed by atoms with E-state index in [1.54, 1.807) is 7.11 Å². The van der Waals surface area contributed by atoms with Gasteiger partial charge in [-0.25, -0.2) is 4.79 Å². The van der Waals surface area contributed by atoms with Crippen LogP contribution in [0.15, 0.2) is 46.8 Å². The summed E-state index contributed by atoms with van der Waals surface area (Å²) in [6, 6.07) is 0. The van der Waals surface area contributed by atoms with Gasteiger partial charge in [0.15, 0.2) is 0 Å². The first-order valence-corrected chi connectivity index (χ1v) is 8.34. The first kappa shape index (κ1) is 17.6. The van der Waals surface area contributed by atoms with Crippen LogP contribution >= 0.6 is 0 Å². The van der Waals surface area contributed by atoms with Gasteiger partial charge in [-0.2, -0.15) is 0 Å². The molecule has 0 radical (unpaired) electrons. The van der Waals surface area contributed by atoms with Crippen molar-refractivity contribution in [2.24, 2.45) is 5.41 Å². The zero-order chi connectivity index (χ0) is 17.0. The number of cyclic esters (lactones) is 1.